The first-order valence-electron chi connectivity index (χ1n) is 6.58. The van der Waals surface area contributed by atoms with Crippen molar-refractivity contribution in [2.24, 2.45) is 0 Å². The van der Waals surface area contributed by atoms with Gasteiger partial charge in [0, 0.05) is 11.2 Å². The average molecular weight is 313 g/mol. The third kappa shape index (κ3) is 1.74. The number of rotatable bonds is 2. The fraction of sp³-hybridized carbons (Fsp3) is 0.0667. The highest BCUT2D eigenvalue weighted by molar-refractivity contribution is 6.31. The summed E-state index contributed by atoms with van der Waals surface area (Å²) in [6.07, 6.45) is 2.91. The summed E-state index contributed by atoms with van der Waals surface area (Å²) < 4.78 is 0. The smallest absolute Gasteiger partial charge is 0.263 e. The SMILES string of the molecule is O=C1c2cnc3[nH]ncc3c2C(=O)N1Cc1ccccc1Cl. The fourth-order valence-corrected chi connectivity index (χ4v) is 2.80. The fourth-order valence-electron chi connectivity index (χ4n) is 2.61. The zero-order valence-corrected chi connectivity index (χ0v) is 12.0. The first kappa shape index (κ1) is 13.0. The van der Waals surface area contributed by atoms with Crippen LogP contribution in [0.15, 0.2) is 36.7 Å². The largest absolute Gasteiger partial charge is 0.270 e. The molecule has 3 aromatic rings. The first-order chi connectivity index (χ1) is 10.7. The minimum atomic E-state index is -0.365. The molecule has 1 aliphatic rings. The van der Waals surface area contributed by atoms with E-state index in [2.05, 4.69) is 15.2 Å². The zero-order chi connectivity index (χ0) is 15.3. The van der Waals surface area contributed by atoms with Crippen molar-refractivity contribution in [1.82, 2.24) is 20.1 Å². The predicted molar refractivity (Wildman–Crippen MR) is 79.5 cm³/mol. The molecule has 0 radical (unpaired) electrons. The van der Waals surface area contributed by atoms with Crippen LogP contribution in [0.3, 0.4) is 0 Å². The number of pyridine rings is 1. The number of carbonyl (C=O) groups is 2. The van der Waals surface area contributed by atoms with E-state index >= 15 is 0 Å². The van der Waals surface area contributed by atoms with E-state index in [0.29, 0.717) is 27.2 Å². The monoisotopic (exact) mass is 312 g/mol. The molecule has 0 bridgehead atoms. The molecule has 6 nitrogen and oxygen atoms in total. The number of aromatic amines is 1. The maximum Gasteiger partial charge on any atom is 0.263 e. The number of benzene rings is 1. The van der Waals surface area contributed by atoms with E-state index in [1.807, 2.05) is 6.07 Å². The standard InChI is InChI=1S/C15H9ClN4O2/c16-11-4-2-1-3-8(11)7-20-14(21)10-5-17-13-9(6-18-19-13)12(10)15(20)22/h1-6H,7H2,(H,17,18,19). The van der Waals surface area contributed by atoms with Crippen LogP contribution in [-0.4, -0.2) is 31.9 Å². The quantitative estimate of drug-likeness (QED) is 0.737. The average Bonchev–Trinajstić information content (AvgIpc) is 3.08. The summed E-state index contributed by atoms with van der Waals surface area (Å²) in [6.45, 7) is 0.130. The molecule has 22 heavy (non-hydrogen) atoms. The van der Waals surface area contributed by atoms with Crippen molar-refractivity contribution in [1.29, 1.82) is 0 Å². The number of halogens is 1. The number of carbonyl (C=O) groups excluding carboxylic acids is 2. The van der Waals surface area contributed by atoms with Crippen LogP contribution in [-0.2, 0) is 6.54 Å². The Morgan fingerprint density at radius 2 is 1.95 bits per heavy atom. The van der Waals surface area contributed by atoms with Crippen molar-refractivity contribution in [3.05, 3.63) is 58.4 Å². The normalized spacial score (nSPS) is 14.0. The lowest BCUT2D eigenvalue weighted by Crippen LogP contribution is -2.29. The summed E-state index contributed by atoms with van der Waals surface area (Å²) in [7, 11) is 0. The molecule has 0 saturated carbocycles. The number of H-pyrrole nitrogens is 1. The Morgan fingerprint density at radius 3 is 2.77 bits per heavy atom. The van der Waals surface area contributed by atoms with Gasteiger partial charge in [-0.15, -0.1) is 0 Å². The van der Waals surface area contributed by atoms with Crippen LogP contribution in [0.25, 0.3) is 11.0 Å². The Bertz CT molecular complexity index is 934. The van der Waals surface area contributed by atoms with Crippen LogP contribution < -0.4 is 0 Å². The van der Waals surface area contributed by atoms with Crippen molar-refractivity contribution in [2.45, 2.75) is 6.54 Å². The molecule has 2 amide bonds. The maximum absolute atomic E-state index is 12.6. The maximum atomic E-state index is 12.6. The molecule has 0 aliphatic carbocycles. The van der Waals surface area contributed by atoms with Gasteiger partial charge >= 0.3 is 0 Å². The van der Waals surface area contributed by atoms with Crippen LogP contribution in [0.5, 0.6) is 0 Å². The van der Waals surface area contributed by atoms with E-state index in [0.717, 1.165) is 5.56 Å². The van der Waals surface area contributed by atoms with E-state index in [9.17, 15) is 9.59 Å². The van der Waals surface area contributed by atoms with Gasteiger partial charge in [-0.1, -0.05) is 29.8 Å². The van der Waals surface area contributed by atoms with Crippen LogP contribution in [0.4, 0.5) is 0 Å². The van der Waals surface area contributed by atoms with Gasteiger partial charge in [0.15, 0.2) is 5.65 Å². The molecule has 4 rings (SSSR count). The first-order valence-corrected chi connectivity index (χ1v) is 6.96. The molecule has 2 aromatic heterocycles. The molecule has 0 saturated heterocycles. The van der Waals surface area contributed by atoms with Crippen molar-refractivity contribution in [2.75, 3.05) is 0 Å². The van der Waals surface area contributed by atoms with Crippen LogP contribution in [0, 0.1) is 0 Å². The van der Waals surface area contributed by atoms with Crippen LogP contribution >= 0.6 is 11.6 Å². The van der Waals surface area contributed by atoms with Crippen LogP contribution in [0.1, 0.15) is 26.3 Å². The highest BCUT2D eigenvalue weighted by Crippen LogP contribution is 2.30. The predicted octanol–water partition coefficient (Wildman–Crippen LogP) is 2.41. The van der Waals surface area contributed by atoms with Crippen LogP contribution in [0.2, 0.25) is 5.02 Å². The second kappa shape index (κ2) is 4.64. The van der Waals surface area contributed by atoms with E-state index in [1.165, 1.54) is 17.3 Å². The summed E-state index contributed by atoms with van der Waals surface area (Å²) in [5.74, 6) is -0.718. The minimum Gasteiger partial charge on any atom is -0.270 e. The van der Waals surface area contributed by atoms with Gasteiger partial charge in [0.2, 0.25) is 0 Å². The van der Waals surface area contributed by atoms with Crippen molar-refractivity contribution >= 4 is 34.4 Å². The van der Waals surface area contributed by atoms with E-state index in [-0.39, 0.29) is 18.4 Å². The molecule has 108 valence electrons. The number of amides is 2. The summed E-state index contributed by atoms with van der Waals surface area (Å²) in [4.78, 5) is 30.4. The van der Waals surface area contributed by atoms with E-state index < -0.39 is 0 Å². The second-order valence-electron chi connectivity index (χ2n) is 4.97. The lowest BCUT2D eigenvalue weighted by Gasteiger charge is -2.14. The summed E-state index contributed by atoms with van der Waals surface area (Å²) in [6, 6.07) is 7.13. The topological polar surface area (TPSA) is 79.0 Å². The van der Waals surface area contributed by atoms with Crippen molar-refractivity contribution in [3.8, 4) is 0 Å². The summed E-state index contributed by atoms with van der Waals surface area (Å²) in [5.41, 5.74) is 1.84. The third-order valence-electron chi connectivity index (χ3n) is 3.70. The lowest BCUT2D eigenvalue weighted by atomic mass is 10.1. The van der Waals surface area contributed by atoms with E-state index in [4.69, 9.17) is 11.6 Å². The third-order valence-corrected chi connectivity index (χ3v) is 4.07. The number of fused-ring (bicyclic) bond motifs is 3. The number of aromatic nitrogens is 3. The Labute approximate surface area is 129 Å². The molecule has 1 N–H and O–H groups in total. The number of imide groups is 1. The molecule has 7 heteroatoms. The Kier molecular flexibility index (Phi) is 2.74. The van der Waals surface area contributed by atoms with Gasteiger partial charge in [-0.3, -0.25) is 19.6 Å². The Hall–Kier alpha value is -2.73. The van der Waals surface area contributed by atoms with Gasteiger partial charge in [0.1, 0.15) is 0 Å². The van der Waals surface area contributed by atoms with Gasteiger partial charge in [-0.2, -0.15) is 5.10 Å². The molecule has 1 aliphatic heterocycles. The highest BCUT2D eigenvalue weighted by atomic mass is 35.5. The van der Waals surface area contributed by atoms with Gasteiger partial charge < -0.3 is 0 Å². The molecule has 0 atom stereocenters. The van der Waals surface area contributed by atoms with Gasteiger partial charge in [-0.25, -0.2) is 4.98 Å². The number of hydrogen-bond acceptors (Lipinski definition) is 4. The number of hydrogen-bond donors (Lipinski definition) is 1. The molecule has 0 fully saturated rings. The lowest BCUT2D eigenvalue weighted by molar-refractivity contribution is 0.0643. The Morgan fingerprint density at radius 1 is 1.14 bits per heavy atom. The number of nitrogens with one attached hydrogen (secondary N) is 1. The number of nitrogens with zero attached hydrogens (tertiary/aromatic N) is 3. The van der Waals surface area contributed by atoms with Crippen molar-refractivity contribution < 1.29 is 9.59 Å². The second-order valence-corrected chi connectivity index (χ2v) is 5.37. The van der Waals surface area contributed by atoms with Gasteiger partial charge in [0.05, 0.1) is 29.3 Å². The van der Waals surface area contributed by atoms with E-state index in [1.54, 1.807) is 18.2 Å². The summed E-state index contributed by atoms with van der Waals surface area (Å²) >= 11 is 6.11. The molecule has 3 heterocycles. The van der Waals surface area contributed by atoms with Crippen molar-refractivity contribution in [3.63, 3.8) is 0 Å². The van der Waals surface area contributed by atoms with Gasteiger partial charge in [0.25, 0.3) is 11.8 Å². The highest BCUT2D eigenvalue weighted by Gasteiger charge is 2.38. The molecule has 1 aromatic carbocycles. The summed E-state index contributed by atoms with van der Waals surface area (Å²) in [5, 5.41) is 7.64. The molecular formula is C15H9ClN4O2. The van der Waals surface area contributed by atoms with Gasteiger partial charge in [-0.05, 0) is 11.6 Å². The molecular weight excluding hydrogens is 304 g/mol. The molecule has 0 spiro atoms. The zero-order valence-electron chi connectivity index (χ0n) is 11.2. The molecule has 0 unspecified atom stereocenters. The Balaban J connectivity index is 1.79. The minimum absolute atomic E-state index is 0.130.